The fourth-order valence-electron chi connectivity index (χ4n) is 12.3. The van der Waals surface area contributed by atoms with Gasteiger partial charge in [0.25, 0.3) is 0 Å². The molecule has 3 heteroatoms. The SMILES string of the molecule is c1ccc(-c2nc(-c3cccc(-c4cccc(-c5ccc6c(c5)C5(CCCCC5)c5cc7c(cc5-6)C5(CCCCC5)c5ccccc5-7)c4)c3)nc3sc4ccccc4c23)cc1. The van der Waals surface area contributed by atoms with E-state index in [1.807, 2.05) is 0 Å². The van der Waals surface area contributed by atoms with E-state index in [1.165, 1.54) is 119 Å². The van der Waals surface area contributed by atoms with Crippen LogP contribution < -0.4 is 0 Å². The minimum atomic E-state index is 0.0747. The first kappa shape index (κ1) is 35.6. The molecule has 0 atom stereocenters. The number of nitrogens with zero attached hydrogens (tertiary/aromatic N) is 2. The van der Waals surface area contributed by atoms with Crippen LogP contribution in [-0.2, 0) is 10.8 Å². The van der Waals surface area contributed by atoms with E-state index in [-0.39, 0.29) is 10.8 Å². The summed E-state index contributed by atoms with van der Waals surface area (Å²) >= 11 is 1.75. The molecule has 2 heterocycles. The van der Waals surface area contributed by atoms with Gasteiger partial charge in [0, 0.05) is 37.4 Å². The van der Waals surface area contributed by atoms with Crippen LogP contribution in [0.1, 0.15) is 86.5 Å². The molecule has 0 radical (unpaired) electrons. The van der Waals surface area contributed by atoms with Gasteiger partial charge in [-0.05, 0) is 129 Å². The first-order valence-electron chi connectivity index (χ1n) is 22.6. The third kappa shape index (κ3) is 5.32. The lowest BCUT2D eigenvalue weighted by molar-refractivity contribution is 0.350. The molecule has 0 bridgehead atoms. The highest BCUT2D eigenvalue weighted by molar-refractivity contribution is 7.25. The monoisotopic (exact) mass is 802 g/mol. The maximum Gasteiger partial charge on any atom is 0.161 e. The van der Waals surface area contributed by atoms with Crippen LogP contribution in [-0.4, -0.2) is 9.97 Å². The van der Waals surface area contributed by atoms with Gasteiger partial charge in [-0.15, -0.1) is 11.3 Å². The number of hydrogen-bond acceptors (Lipinski definition) is 3. The van der Waals surface area contributed by atoms with Crippen molar-refractivity contribution in [2.75, 3.05) is 0 Å². The summed E-state index contributed by atoms with van der Waals surface area (Å²) in [7, 11) is 0. The van der Waals surface area contributed by atoms with Crippen molar-refractivity contribution < 1.29 is 0 Å². The molecule has 4 aliphatic carbocycles. The Morgan fingerprint density at radius 3 is 1.64 bits per heavy atom. The Kier molecular flexibility index (Phi) is 7.98. The molecular formula is C58H46N2S. The highest BCUT2D eigenvalue weighted by Crippen LogP contribution is 2.62. The molecule has 2 nitrogen and oxygen atoms in total. The molecule has 9 aromatic rings. The predicted octanol–water partition coefficient (Wildman–Crippen LogP) is 16.0. The summed E-state index contributed by atoms with van der Waals surface area (Å²) in [4.78, 5) is 11.6. The van der Waals surface area contributed by atoms with Gasteiger partial charge in [-0.2, -0.15) is 0 Å². The van der Waals surface area contributed by atoms with Crippen molar-refractivity contribution in [1.29, 1.82) is 0 Å². The van der Waals surface area contributed by atoms with Crippen molar-refractivity contribution in [1.82, 2.24) is 9.97 Å². The normalized spacial score (nSPS) is 16.8. The summed E-state index contributed by atoms with van der Waals surface area (Å²) < 4.78 is 1.24. The first-order valence-corrected chi connectivity index (χ1v) is 23.4. The van der Waals surface area contributed by atoms with Crippen LogP contribution in [0.4, 0.5) is 0 Å². The molecule has 61 heavy (non-hydrogen) atoms. The zero-order chi connectivity index (χ0) is 40.1. The fraction of sp³-hybridized carbons (Fsp3) is 0.207. The number of rotatable bonds is 4. The number of aromatic nitrogens is 2. The molecule has 4 aliphatic rings. The molecular weight excluding hydrogens is 757 g/mol. The Morgan fingerprint density at radius 1 is 0.377 bits per heavy atom. The number of thiophene rings is 1. The van der Waals surface area contributed by atoms with E-state index in [0.29, 0.717) is 0 Å². The molecule has 2 spiro atoms. The summed E-state index contributed by atoms with van der Waals surface area (Å²) in [6.07, 6.45) is 12.9. The minimum Gasteiger partial charge on any atom is -0.227 e. The van der Waals surface area contributed by atoms with Crippen LogP contribution in [0.15, 0.2) is 158 Å². The van der Waals surface area contributed by atoms with Gasteiger partial charge < -0.3 is 0 Å². The van der Waals surface area contributed by atoms with Crippen LogP contribution >= 0.6 is 11.3 Å². The van der Waals surface area contributed by atoms with Gasteiger partial charge in [-0.3, -0.25) is 0 Å². The van der Waals surface area contributed by atoms with E-state index in [4.69, 9.17) is 9.97 Å². The lowest BCUT2D eigenvalue weighted by atomic mass is 9.66. The van der Waals surface area contributed by atoms with Gasteiger partial charge in [-0.1, -0.05) is 160 Å². The lowest BCUT2D eigenvalue weighted by Crippen LogP contribution is -2.29. The van der Waals surface area contributed by atoms with Gasteiger partial charge >= 0.3 is 0 Å². The van der Waals surface area contributed by atoms with E-state index in [1.54, 1.807) is 33.6 Å². The van der Waals surface area contributed by atoms with Gasteiger partial charge in [0.15, 0.2) is 5.82 Å². The van der Waals surface area contributed by atoms with Gasteiger partial charge in [0.2, 0.25) is 0 Å². The minimum absolute atomic E-state index is 0.0747. The summed E-state index contributed by atoms with van der Waals surface area (Å²) in [6.45, 7) is 0. The van der Waals surface area contributed by atoms with Crippen molar-refractivity contribution in [2.45, 2.75) is 75.0 Å². The van der Waals surface area contributed by atoms with E-state index in [0.717, 1.165) is 32.9 Å². The van der Waals surface area contributed by atoms with Crippen molar-refractivity contribution in [3.63, 3.8) is 0 Å². The second-order valence-electron chi connectivity index (χ2n) is 18.2. The molecule has 7 aromatic carbocycles. The topological polar surface area (TPSA) is 25.8 Å². The highest BCUT2D eigenvalue weighted by Gasteiger charge is 2.49. The molecule has 0 amide bonds. The van der Waals surface area contributed by atoms with Gasteiger partial charge in [0.1, 0.15) is 4.83 Å². The second kappa shape index (κ2) is 13.7. The predicted molar refractivity (Wildman–Crippen MR) is 255 cm³/mol. The Hall–Kier alpha value is -6.16. The fourth-order valence-corrected chi connectivity index (χ4v) is 13.4. The van der Waals surface area contributed by atoms with Crippen LogP contribution in [0, 0.1) is 0 Å². The third-order valence-electron chi connectivity index (χ3n) is 15.1. The quantitative estimate of drug-likeness (QED) is 0.177. The number of benzene rings is 7. The summed E-state index contributed by atoms with van der Waals surface area (Å²) in [5.41, 5.74) is 20.7. The second-order valence-corrected chi connectivity index (χ2v) is 19.3. The maximum absolute atomic E-state index is 5.31. The highest BCUT2D eigenvalue weighted by atomic mass is 32.1. The first-order chi connectivity index (χ1) is 30.2. The zero-order valence-corrected chi connectivity index (χ0v) is 35.2. The van der Waals surface area contributed by atoms with Crippen LogP contribution in [0.3, 0.4) is 0 Å². The molecule has 2 fully saturated rings. The standard InChI is InChI=1S/C58H46N2S/c1-4-16-37(17-5-1)54-53-45-23-7-9-25-52(45)61-56(53)60-55(59-54)42-21-15-20-40(33-42)38-18-14-19-39(32-38)41-26-27-44-47-36-50-46(35-51(47)58(49(44)34-41)30-12-3-13-31-58)43-22-6-8-24-48(43)57(50)28-10-2-11-29-57/h1,4-9,14-27,32-36H,2-3,10-13,28-31H2. The number of fused-ring (bicyclic) bond motifs is 13. The third-order valence-corrected chi connectivity index (χ3v) is 16.2. The average molecular weight is 803 g/mol. The van der Waals surface area contributed by atoms with Crippen molar-refractivity contribution in [3.05, 3.63) is 180 Å². The molecule has 2 aromatic heterocycles. The molecule has 0 saturated heterocycles. The smallest absolute Gasteiger partial charge is 0.161 e. The molecule has 13 rings (SSSR count). The molecule has 294 valence electrons. The Labute approximate surface area is 362 Å². The van der Waals surface area contributed by atoms with E-state index < -0.39 is 0 Å². The summed E-state index contributed by atoms with van der Waals surface area (Å²) in [5.74, 6) is 0.760. The molecule has 0 aliphatic heterocycles. The van der Waals surface area contributed by atoms with Gasteiger partial charge in [-0.25, -0.2) is 9.97 Å². The van der Waals surface area contributed by atoms with Crippen LogP contribution in [0.25, 0.3) is 87.5 Å². The molecule has 0 N–H and O–H groups in total. The van der Waals surface area contributed by atoms with E-state index in [9.17, 15) is 0 Å². The average Bonchev–Trinajstić information content (AvgIpc) is 3.92. The number of hydrogen-bond donors (Lipinski definition) is 0. The van der Waals surface area contributed by atoms with E-state index in [2.05, 4.69) is 158 Å². The lowest BCUT2D eigenvalue weighted by Gasteiger charge is -2.37. The zero-order valence-electron chi connectivity index (χ0n) is 34.4. The van der Waals surface area contributed by atoms with Crippen LogP contribution in [0.5, 0.6) is 0 Å². The van der Waals surface area contributed by atoms with Crippen LogP contribution in [0.2, 0.25) is 0 Å². The Morgan fingerprint density at radius 2 is 0.918 bits per heavy atom. The Bertz CT molecular complexity index is 3210. The summed E-state index contributed by atoms with van der Waals surface area (Å²) in [5, 5.41) is 2.35. The molecule has 2 saturated carbocycles. The molecule has 0 unspecified atom stereocenters. The summed E-state index contributed by atoms with van der Waals surface area (Å²) in [6, 6.07) is 59.4. The largest absolute Gasteiger partial charge is 0.227 e. The van der Waals surface area contributed by atoms with Crippen molar-refractivity contribution in [2.24, 2.45) is 0 Å². The van der Waals surface area contributed by atoms with Crippen molar-refractivity contribution in [3.8, 4) is 67.2 Å². The maximum atomic E-state index is 5.31. The van der Waals surface area contributed by atoms with Gasteiger partial charge in [0.05, 0.1) is 5.69 Å². The Balaban J connectivity index is 0.899. The van der Waals surface area contributed by atoms with Crippen molar-refractivity contribution >= 4 is 31.6 Å². The van der Waals surface area contributed by atoms with E-state index >= 15 is 0 Å².